The largest absolute Gasteiger partial charge is 0.381 e. The second-order valence-electron chi connectivity index (χ2n) is 4.85. The monoisotopic (exact) mass is 270 g/mol. The highest BCUT2D eigenvalue weighted by Crippen LogP contribution is 2.32. The van der Waals surface area contributed by atoms with E-state index in [2.05, 4.69) is 12.6 Å². The first-order valence-corrected chi connectivity index (χ1v) is 6.89. The molecule has 1 aromatic carbocycles. The normalized spacial score (nSPS) is 18.8. The number of rotatable bonds is 5. The molecule has 0 unspecified atom stereocenters. The number of halogens is 1. The molecule has 0 atom stereocenters. The van der Waals surface area contributed by atoms with Gasteiger partial charge in [0.1, 0.15) is 5.82 Å². The molecule has 100 valence electrons. The van der Waals surface area contributed by atoms with E-state index in [1.807, 2.05) is 6.07 Å². The lowest BCUT2D eigenvalue weighted by Gasteiger charge is -2.35. The van der Waals surface area contributed by atoms with Crippen molar-refractivity contribution in [2.24, 2.45) is 5.41 Å². The van der Waals surface area contributed by atoms with Gasteiger partial charge in [-0.05, 0) is 24.7 Å². The van der Waals surface area contributed by atoms with Crippen LogP contribution in [0.3, 0.4) is 0 Å². The van der Waals surface area contributed by atoms with Crippen molar-refractivity contribution < 1.29 is 13.9 Å². The maximum Gasteiger partial charge on any atom is 0.128 e. The zero-order valence-electron chi connectivity index (χ0n) is 10.4. The molecule has 0 saturated carbocycles. The summed E-state index contributed by atoms with van der Waals surface area (Å²) in [6.45, 7) is 2.48. The van der Waals surface area contributed by atoms with Gasteiger partial charge in [-0.3, -0.25) is 0 Å². The predicted molar refractivity (Wildman–Crippen MR) is 72.4 cm³/mol. The van der Waals surface area contributed by atoms with Crippen LogP contribution in [0.15, 0.2) is 24.3 Å². The summed E-state index contributed by atoms with van der Waals surface area (Å²) < 4.78 is 24.5. The van der Waals surface area contributed by atoms with Crippen LogP contribution >= 0.6 is 12.6 Å². The SMILES string of the molecule is Fc1ccccc1COCC1(CS)CCOCC1. The molecule has 0 aromatic heterocycles. The van der Waals surface area contributed by atoms with Crippen LogP contribution in [0.2, 0.25) is 0 Å². The smallest absolute Gasteiger partial charge is 0.128 e. The lowest BCUT2D eigenvalue weighted by Crippen LogP contribution is -2.35. The van der Waals surface area contributed by atoms with Crippen molar-refractivity contribution in [2.45, 2.75) is 19.4 Å². The van der Waals surface area contributed by atoms with Crippen molar-refractivity contribution in [3.05, 3.63) is 35.6 Å². The van der Waals surface area contributed by atoms with Gasteiger partial charge in [-0.1, -0.05) is 18.2 Å². The van der Waals surface area contributed by atoms with E-state index in [1.54, 1.807) is 12.1 Å². The summed E-state index contributed by atoms with van der Waals surface area (Å²) in [4.78, 5) is 0. The Morgan fingerprint density at radius 1 is 1.28 bits per heavy atom. The molecule has 0 aliphatic carbocycles. The van der Waals surface area contributed by atoms with E-state index in [4.69, 9.17) is 9.47 Å². The van der Waals surface area contributed by atoms with Crippen molar-refractivity contribution in [2.75, 3.05) is 25.6 Å². The van der Waals surface area contributed by atoms with E-state index < -0.39 is 0 Å². The fraction of sp³-hybridized carbons (Fsp3) is 0.571. The van der Waals surface area contributed by atoms with Gasteiger partial charge in [0.2, 0.25) is 0 Å². The molecule has 0 bridgehead atoms. The highest BCUT2D eigenvalue weighted by Gasteiger charge is 2.31. The van der Waals surface area contributed by atoms with E-state index in [-0.39, 0.29) is 11.2 Å². The second-order valence-corrected chi connectivity index (χ2v) is 5.17. The van der Waals surface area contributed by atoms with E-state index in [1.165, 1.54) is 6.07 Å². The molecule has 0 amide bonds. The molecule has 1 aliphatic heterocycles. The molecular formula is C14H19FO2S. The molecule has 1 aromatic rings. The maximum absolute atomic E-state index is 13.4. The number of ether oxygens (including phenoxy) is 2. The predicted octanol–water partition coefficient (Wildman–Crippen LogP) is 3.07. The lowest BCUT2D eigenvalue weighted by atomic mass is 9.83. The van der Waals surface area contributed by atoms with Crippen molar-refractivity contribution in [3.8, 4) is 0 Å². The summed E-state index contributed by atoms with van der Waals surface area (Å²) in [5.41, 5.74) is 0.700. The number of benzene rings is 1. The average molecular weight is 270 g/mol. The Labute approximate surface area is 113 Å². The van der Waals surface area contributed by atoms with Crippen LogP contribution in [-0.2, 0) is 16.1 Å². The standard InChI is InChI=1S/C14H19FO2S/c15-13-4-2-1-3-12(13)9-17-10-14(11-18)5-7-16-8-6-14/h1-4,18H,5-11H2. The van der Waals surface area contributed by atoms with Crippen molar-refractivity contribution in [3.63, 3.8) is 0 Å². The summed E-state index contributed by atoms with van der Waals surface area (Å²) in [6.07, 6.45) is 1.93. The third-order valence-corrected chi connectivity index (χ3v) is 4.18. The van der Waals surface area contributed by atoms with Gasteiger partial charge in [0.15, 0.2) is 0 Å². The lowest BCUT2D eigenvalue weighted by molar-refractivity contribution is -0.0320. The van der Waals surface area contributed by atoms with Gasteiger partial charge < -0.3 is 9.47 Å². The first-order valence-electron chi connectivity index (χ1n) is 6.26. The Morgan fingerprint density at radius 3 is 2.67 bits per heavy atom. The third kappa shape index (κ3) is 3.46. The van der Waals surface area contributed by atoms with Crippen LogP contribution in [0.5, 0.6) is 0 Å². The molecule has 18 heavy (non-hydrogen) atoms. The van der Waals surface area contributed by atoms with Crippen LogP contribution < -0.4 is 0 Å². The average Bonchev–Trinajstić information content (AvgIpc) is 2.42. The molecule has 0 radical (unpaired) electrons. The molecule has 2 nitrogen and oxygen atoms in total. The second kappa shape index (κ2) is 6.55. The summed E-state index contributed by atoms with van der Waals surface area (Å²) in [6, 6.07) is 6.73. The summed E-state index contributed by atoms with van der Waals surface area (Å²) >= 11 is 4.42. The molecule has 4 heteroatoms. The number of hydrogen-bond donors (Lipinski definition) is 1. The maximum atomic E-state index is 13.4. The van der Waals surface area contributed by atoms with Gasteiger partial charge in [0, 0.05) is 24.2 Å². The van der Waals surface area contributed by atoms with E-state index in [0.29, 0.717) is 18.8 Å². The summed E-state index contributed by atoms with van der Waals surface area (Å²) in [5, 5.41) is 0. The fourth-order valence-electron chi connectivity index (χ4n) is 2.15. The molecule has 1 fully saturated rings. The van der Waals surface area contributed by atoms with E-state index >= 15 is 0 Å². The van der Waals surface area contributed by atoms with E-state index in [0.717, 1.165) is 31.8 Å². The van der Waals surface area contributed by atoms with Gasteiger partial charge in [-0.25, -0.2) is 4.39 Å². The molecule has 0 spiro atoms. The summed E-state index contributed by atoms with van der Waals surface area (Å²) in [7, 11) is 0. The Bertz CT molecular complexity index is 378. The van der Waals surface area contributed by atoms with Gasteiger partial charge in [-0.15, -0.1) is 0 Å². The Morgan fingerprint density at radius 2 is 2.00 bits per heavy atom. The van der Waals surface area contributed by atoms with Crippen LogP contribution in [-0.4, -0.2) is 25.6 Å². The third-order valence-electron chi connectivity index (χ3n) is 3.51. The van der Waals surface area contributed by atoms with Crippen LogP contribution in [0, 0.1) is 11.2 Å². The molecule has 2 rings (SSSR count). The van der Waals surface area contributed by atoms with Gasteiger partial charge in [0.05, 0.1) is 13.2 Å². The quantitative estimate of drug-likeness (QED) is 0.829. The minimum Gasteiger partial charge on any atom is -0.381 e. The topological polar surface area (TPSA) is 18.5 Å². The van der Waals surface area contributed by atoms with Crippen molar-refractivity contribution in [1.29, 1.82) is 0 Å². The Hall–Kier alpha value is -0.580. The molecule has 1 heterocycles. The van der Waals surface area contributed by atoms with Crippen LogP contribution in [0.4, 0.5) is 4.39 Å². The van der Waals surface area contributed by atoms with Gasteiger partial charge in [0.25, 0.3) is 0 Å². The van der Waals surface area contributed by atoms with Gasteiger partial charge >= 0.3 is 0 Å². The molecular weight excluding hydrogens is 251 g/mol. The zero-order valence-corrected chi connectivity index (χ0v) is 11.3. The zero-order chi connectivity index (χ0) is 12.8. The van der Waals surface area contributed by atoms with Crippen LogP contribution in [0.1, 0.15) is 18.4 Å². The molecule has 1 saturated heterocycles. The van der Waals surface area contributed by atoms with Crippen molar-refractivity contribution >= 4 is 12.6 Å². The minimum atomic E-state index is -0.204. The molecule has 1 aliphatic rings. The first kappa shape index (κ1) is 13.8. The summed E-state index contributed by atoms with van der Waals surface area (Å²) in [5.74, 6) is 0.581. The van der Waals surface area contributed by atoms with Gasteiger partial charge in [-0.2, -0.15) is 12.6 Å². The number of thiol groups is 1. The Kier molecular flexibility index (Phi) is 5.03. The van der Waals surface area contributed by atoms with E-state index in [9.17, 15) is 4.39 Å². The number of hydrogen-bond acceptors (Lipinski definition) is 3. The van der Waals surface area contributed by atoms with Crippen LogP contribution in [0.25, 0.3) is 0 Å². The first-order chi connectivity index (χ1) is 8.76. The van der Waals surface area contributed by atoms with Crippen molar-refractivity contribution in [1.82, 2.24) is 0 Å². The highest BCUT2D eigenvalue weighted by molar-refractivity contribution is 7.80. The Balaban J connectivity index is 1.85. The molecule has 0 N–H and O–H groups in total. The highest BCUT2D eigenvalue weighted by atomic mass is 32.1. The minimum absolute atomic E-state index is 0.0899. The fourth-order valence-corrected chi connectivity index (χ4v) is 2.55.